The molecule has 1 aliphatic carbocycles. The van der Waals surface area contributed by atoms with Crippen molar-refractivity contribution in [1.82, 2.24) is 14.7 Å². The molecule has 2 amide bonds. The maximum Gasteiger partial charge on any atom is 0.239 e. The number of thiophene rings is 1. The number of aryl methyl sites for hydroxylation is 1. The average Bonchev–Trinajstić information content (AvgIpc) is 3.53. The second-order valence-corrected chi connectivity index (χ2v) is 10.9. The number of rotatable bonds is 7. The molecule has 5 rings (SSSR count). The van der Waals surface area contributed by atoms with Gasteiger partial charge in [-0.1, -0.05) is 30.3 Å². The summed E-state index contributed by atoms with van der Waals surface area (Å²) in [6.07, 6.45) is 6.30. The third kappa shape index (κ3) is 5.66. The van der Waals surface area contributed by atoms with Crippen molar-refractivity contribution in [3.63, 3.8) is 0 Å². The first-order valence-electron chi connectivity index (χ1n) is 12.8. The summed E-state index contributed by atoms with van der Waals surface area (Å²) in [5.41, 5.74) is 2.48. The number of piperazine rings is 1. The number of likely N-dealkylation sites (tertiary alicyclic amines) is 1. The lowest BCUT2D eigenvalue weighted by atomic mass is 9.92. The molecule has 186 valence electrons. The fourth-order valence-corrected chi connectivity index (χ4v) is 6.66. The molecule has 7 nitrogen and oxygen atoms in total. The van der Waals surface area contributed by atoms with Gasteiger partial charge in [-0.25, -0.2) is 0 Å². The molecule has 35 heavy (non-hydrogen) atoms. The Morgan fingerprint density at radius 3 is 2.17 bits per heavy atom. The zero-order valence-corrected chi connectivity index (χ0v) is 21.1. The fraction of sp³-hybridized carbons (Fsp3) is 0.519. The van der Waals surface area contributed by atoms with Gasteiger partial charge in [0.15, 0.2) is 5.78 Å². The van der Waals surface area contributed by atoms with Gasteiger partial charge in [-0.3, -0.25) is 24.2 Å². The Morgan fingerprint density at radius 1 is 0.800 bits per heavy atom. The highest BCUT2D eigenvalue weighted by molar-refractivity contribution is 7.17. The number of fused-ring (bicyclic) bond motifs is 1. The lowest BCUT2D eigenvalue weighted by Crippen LogP contribution is -2.51. The second kappa shape index (κ2) is 11.0. The minimum absolute atomic E-state index is 0.00316. The van der Waals surface area contributed by atoms with E-state index in [1.54, 1.807) is 11.3 Å². The van der Waals surface area contributed by atoms with Crippen molar-refractivity contribution in [2.45, 2.75) is 38.5 Å². The van der Waals surface area contributed by atoms with Crippen LogP contribution in [-0.2, 0) is 22.4 Å². The average molecular weight is 495 g/mol. The standard InChI is InChI=1S/C27H34N4O3S/c32-23(18-29-14-16-30(17-15-29)19-24(33)31-12-6-7-13-31)28-27-25(21-10-4-5-11-22(21)35-27)26(34)20-8-2-1-3-9-20/h1-3,8-9H,4-7,10-19H2,(H,28,32). The molecule has 0 saturated carbocycles. The molecule has 3 aliphatic rings. The summed E-state index contributed by atoms with van der Waals surface area (Å²) in [7, 11) is 0. The summed E-state index contributed by atoms with van der Waals surface area (Å²) in [6.45, 7) is 5.66. The Labute approximate surface area is 211 Å². The topological polar surface area (TPSA) is 73.0 Å². The minimum Gasteiger partial charge on any atom is -0.342 e. The van der Waals surface area contributed by atoms with E-state index >= 15 is 0 Å². The van der Waals surface area contributed by atoms with E-state index in [-0.39, 0.29) is 17.6 Å². The van der Waals surface area contributed by atoms with Crippen LogP contribution in [-0.4, -0.2) is 84.7 Å². The van der Waals surface area contributed by atoms with Crippen molar-refractivity contribution in [1.29, 1.82) is 0 Å². The van der Waals surface area contributed by atoms with Crippen molar-refractivity contribution in [2.24, 2.45) is 0 Å². The summed E-state index contributed by atoms with van der Waals surface area (Å²) in [4.78, 5) is 46.4. The van der Waals surface area contributed by atoms with Crippen LogP contribution in [0.5, 0.6) is 0 Å². The third-order valence-corrected chi connectivity index (χ3v) is 8.54. The van der Waals surface area contributed by atoms with E-state index < -0.39 is 0 Å². The molecular weight excluding hydrogens is 460 g/mol. The van der Waals surface area contributed by atoms with Crippen molar-refractivity contribution in [3.05, 3.63) is 51.9 Å². The molecule has 1 aromatic heterocycles. The lowest BCUT2D eigenvalue weighted by molar-refractivity contribution is -0.132. The number of nitrogens with zero attached hydrogens (tertiary/aromatic N) is 3. The van der Waals surface area contributed by atoms with E-state index in [2.05, 4.69) is 15.1 Å². The van der Waals surface area contributed by atoms with Gasteiger partial charge in [0.1, 0.15) is 5.00 Å². The zero-order valence-electron chi connectivity index (χ0n) is 20.3. The van der Waals surface area contributed by atoms with Crippen LogP contribution in [0.3, 0.4) is 0 Å². The largest absolute Gasteiger partial charge is 0.342 e. The number of carbonyl (C=O) groups excluding carboxylic acids is 3. The van der Waals surface area contributed by atoms with Crippen molar-refractivity contribution in [2.75, 3.05) is 57.7 Å². The van der Waals surface area contributed by atoms with Crippen LogP contribution in [0, 0.1) is 0 Å². The molecule has 2 aliphatic heterocycles. The Balaban J connectivity index is 1.19. The highest BCUT2D eigenvalue weighted by Gasteiger charge is 2.28. The van der Waals surface area contributed by atoms with Crippen LogP contribution in [0.2, 0.25) is 0 Å². The van der Waals surface area contributed by atoms with Gasteiger partial charge in [0, 0.05) is 49.7 Å². The van der Waals surface area contributed by atoms with Crippen molar-refractivity contribution >= 4 is 33.9 Å². The Morgan fingerprint density at radius 2 is 1.46 bits per heavy atom. The third-order valence-electron chi connectivity index (χ3n) is 7.34. The van der Waals surface area contributed by atoms with Crippen molar-refractivity contribution < 1.29 is 14.4 Å². The van der Waals surface area contributed by atoms with E-state index in [4.69, 9.17) is 0 Å². The smallest absolute Gasteiger partial charge is 0.239 e. The normalized spacial score (nSPS) is 18.9. The Hall–Kier alpha value is -2.55. The van der Waals surface area contributed by atoms with Gasteiger partial charge in [0.2, 0.25) is 11.8 Å². The predicted octanol–water partition coefficient (Wildman–Crippen LogP) is 3.04. The molecule has 0 unspecified atom stereocenters. The summed E-state index contributed by atoms with van der Waals surface area (Å²) >= 11 is 1.57. The van der Waals surface area contributed by atoms with Crippen LogP contribution in [0.1, 0.15) is 52.0 Å². The van der Waals surface area contributed by atoms with Gasteiger partial charge in [-0.2, -0.15) is 0 Å². The molecule has 1 aromatic carbocycles. The minimum atomic E-state index is -0.0766. The molecule has 2 aromatic rings. The molecule has 0 radical (unpaired) electrons. The van der Waals surface area contributed by atoms with Crippen LogP contribution >= 0.6 is 11.3 Å². The number of anilines is 1. The monoisotopic (exact) mass is 494 g/mol. The quantitative estimate of drug-likeness (QED) is 0.599. The summed E-state index contributed by atoms with van der Waals surface area (Å²) in [5, 5.41) is 3.79. The maximum absolute atomic E-state index is 13.4. The van der Waals surface area contributed by atoms with Gasteiger partial charge in [-0.05, 0) is 44.1 Å². The Kier molecular flexibility index (Phi) is 7.60. The number of carbonyl (C=O) groups is 3. The first-order valence-corrected chi connectivity index (χ1v) is 13.7. The first kappa shape index (κ1) is 24.2. The van der Waals surface area contributed by atoms with Gasteiger partial charge in [0.05, 0.1) is 18.7 Å². The molecule has 2 fully saturated rings. The molecular formula is C27H34N4O3S. The van der Waals surface area contributed by atoms with Gasteiger partial charge in [-0.15, -0.1) is 11.3 Å². The van der Waals surface area contributed by atoms with Crippen LogP contribution in [0.15, 0.2) is 30.3 Å². The van der Waals surface area contributed by atoms with Crippen LogP contribution in [0.25, 0.3) is 0 Å². The molecule has 8 heteroatoms. The highest BCUT2D eigenvalue weighted by atomic mass is 32.1. The summed E-state index contributed by atoms with van der Waals surface area (Å²) in [5.74, 6) is 0.148. The van der Waals surface area contributed by atoms with E-state index in [9.17, 15) is 14.4 Å². The summed E-state index contributed by atoms with van der Waals surface area (Å²) in [6, 6.07) is 9.35. The van der Waals surface area contributed by atoms with Gasteiger partial charge in [0.25, 0.3) is 0 Å². The molecule has 1 N–H and O–H groups in total. The number of nitrogens with one attached hydrogen (secondary N) is 1. The van der Waals surface area contributed by atoms with E-state index in [1.165, 1.54) is 4.88 Å². The molecule has 0 atom stereocenters. The van der Waals surface area contributed by atoms with E-state index in [1.807, 2.05) is 35.2 Å². The zero-order chi connectivity index (χ0) is 24.2. The number of benzene rings is 1. The van der Waals surface area contributed by atoms with Gasteiger partial charge < -0.3 is 10.2 Å². The Bertz CT molecular complexity index is 1070. The highest BCUT2D eigenvalue weighted by Crippen LogP contribution is 2.39. The van der Waals surface area contributed by atoms with Crippen LogP contribution in [0.4, 0.5) is 5.00 Å². The fourth-order valence-electron chi connectivity index (χ4n) is 5.36. The predicted molar refractivity (Wildman–Crippen MR) is 138 cm³/mol. The van der Waals surface area contributed by atoms with E-state index in [0.29, 0.717) is 29.2 Å². The first-order chi connectivity index (χ1) is 17.1. The van der Waals surface area contributed by atoms with E-state index in [0.717, 1.165) is 83.4 Å². The second-order valence-electron chi connectivity index (χ2n) is 9.80. The molecule has 2 saturated heterocycles. The van der Waals surface area contributed by atoms with Crippen molar-refractivity contribution in [3.8, 4) is 0 Å². The molecule has 0 spiro atoms. The number of amides is 2. The molecule has 0 bridgehead atoms. The number of hydrogen-bond acceptors (Lipinski definition) is 6. The number of hydrogen-bond donors (Lipinski definition) is 1. The van der Waals surface area contributed by atoms with Gasteiger partial charge >= 0.3 is 0 Å². The van der Waals surface area contributed by atoms with Crippen LogP contribution < -0.4 is 5.32 Å². The maximum atomic E-state index is 13.4. The summed E-state index contributed by atoms with van der Waals surface area (Å²) < 4.78 is 0. The lowest BCUT2D eigenvalue weighted by Gasteiger charge is -2.34. The molecule has 3 heterocycles. The SMILES string of the molecule is O=C(CN1CCN(CC(=O)N2CCCC2)CC1)Nc1sc2c(c1C(=O)c1ccccc1)CCCC2. The number of ketones is 1.